The lowest BCUT2D eigenvalue weighted by Gasteiger charge is -2.46. The van der Waals surface area contributed by atoms with Crippen molar-refractivity contribution >= 4 is 11.8 Å². The van der Waals surface area contributed by atoms with Crippen LogP contribution in [0.5, 0.6) is 0 Å². The summed E-state index contributed by atoms with van der Waals surface area (Å²) < 4.78 is 5.82. The van der Waals surface area contributed by atoms with Crippen molar-refractivity contribution in [2.45, 2.75) is 52.0 Å². The third kappa shape index (κ3) is 2.64. The van der Waals surface area contributed by atoms with Crippen molar-refractivity contribution in [1.82, 2.24) is 9.80 Å². The highest BCUT2D eigenvalue weighted by molar-refractivity contribution is 5.92. The zero-order valence-corrected chi connectivity index (χ0v) is 13.6. The van der Waals surface area contributed by atoms with E-state index in [0.717, 1.165) is 25.0 Å². The first kappa shape index (κ1) is 15.1. The lowest BCUT2D eigenvalue weighted by molar-refractivity contribution is -0.133. The molecule has 2 aliphatic rings. The first-order valence-electron chi connectivity index (χ1n) is 8.07. The Morgan fingerprint density at radius 1 is 1.18 bits per heavy atom. The number of rotatable bonds is 1. The number of amides is 2. The maximum absolute atomic E-state index is 12.8. The van der Waals surface area contributed by atoms with Crippen LogP contribution in [0.1, 0.15) is 55.5 Å². The number of hydrogen-bond acceptors (Lipinski definition) is 3. The highest BCUT2D eigenvalue weighted by Crippen LogP contribution is 2.28. The molecule has 0 radical (unpaired) electrons. The van der Waals surface area contributed by atoms with Gasteiger partial charge in [-0.2, -0.15) is 0 Å². The molecule has 1 fully saturated rings. The molecule has 22 heavy (non-hydrogen) atoms. The number of hydrogen-bond donors (Lipinski definition) is 0. The summed E-state index contributed by atoms with van der Waals surface area (Å²) in [4.78, 5) is 28.1. The summed E-state index contributed by atoms with van der Waals surface area (Å²) >= 11 is 0. The van der Waals surface area contributed by atoms with E-state index in [-0.39, 0.29) is 17.4 Å². The van der Waals surface area contributed by atoms with E-state index in [9.17, 15) is 9.59 Å². The topological polar surface area (TPSA) is 53.8 Å². The van der Waals surface area contributed by atoms with Gasteiger partial charge in [0, 0.05) is 33.0 Å². The first-order valence-corrected chi connectivity index (χ1v) is 8.07. The molecule has 1 aliphatic heterocycles. The van der Waals surface area contributed by atoms with E-state index in [1.54, 1.807) is 11.8 Å². The minimum Gasteiger partial charge on any atom is -0.456 e. The van der Waals surface area contributed by atoms with Crippen LogP contribution in [0.2, 0.25) is 0 Å². The van der Waals surface area contributed by atoms with Gasteiger partial charge in [0.1, 0.15) is 5.76 Å². The molecule has 1 aromatic rings. The van der Waals surface area contributed by atoms with Gasteiger partial charge in [0.05, 0.1) is 5.54 Å². The van der Waals surface area contributed by atoms with Gasteiger partial charge in [-0.05, 0) is 44.7 Å². The molecule has 5 heteroatoms. The quantitative estimate of drug-likeness (QED) is 0.799. The van der Waals surface area contributed by atoms with E-state index < -0.39 is 0 Å². The smallest absolute Gasteiger partial charge is 0.290 e. The van der Waals surface area contributed by atoms with Gasteiger partial charge in [0.15, 0.2) is 5.76 Å². The molecule has 2 amide bonds. The Kier molecular flexibility index (Phi) is 3.75. The second-order valence-corrected chi connectivity index (χ2v) is 6.98. The van der Waals surface area contributed by atoms with Crippen LogP contribution in [-0.4, -0.2) is 46.8 Å². The Balaban J connectivity index is 1.80. The first-order chi connectivity index (χ1) is 10.4. The van der Waals surface area contributed by atoms with Gasteiger partial charge in [-0.15, -0.1) is 0 Å². The van der Waals surface area contributed by atoms with Crippen LogP contribution in [0, 0.1) is 0 Å². The van der Waals surface area contributed by atoms with Crippen molar-refractivity contribution in [2.75, 3.05) is 19.6 Å². The van der Waals surface area contributed by atoms with Crippen molar-refractivity contribution in [1.29, 1.82) is 0 Å². The predicted octanol–water partition coefficient (Wildman–Crippen LogP) is 2.24. The van der Waals surface area contributed by atoms with E-state index in [1.165, 1.54) is 12.0 Å². The van der Waals surface area contributed by atoms with Gasteiger partial charge in [0.25, 0.3) is 5.91 Å². The van der Waals surface area contributed by atoms with Crippen molar-refractivity contribution in [2.24, 2.45) is 0 Å². The lowest BCUT2D eigenvalue weighted by Crippen LogP contribution is -2.61. The number of carbonyl (C=O) groups excluding carboxylic acids is 2. The van der Waals surface area contributed by atoms with Gasteiger partial charge in [0.2, 0.25) is 5.91 Å². The third-order valence-electron chi connectivity index (χ3n) is 4.80. The Hall–Kier alpha value is -1.78. The van der Waals surface area contributed by atoms with Crippen LogP contribution in [-0.2, 0) is 17.6 Å². The molecular formula is C17H24N2O3. The molecule has 1 saturated heterocycles. The molecule has 120 valence electrons. The zero-order valence-electron chi connectivity index (χ0n) is 13.6. The normalized spacial score (nSPS) is 20.7. The summed E-state index contributed by atoms with van der Waals surface area (Å²) in [6, 6.07) is 1.92. The third-order valence-corrected chi connectivity index (χ3v) is 4.80. The van der Waals surface area contributed by atoms with Crippen molar-refractivity contribution in [3.63, 3.8) is 0 Å². The van der Waals surface area contributed by atoms with Crippen molar-refractivity contribution in [3.8, 4) is 0 Å². The summed E-state index contributed by atoms with van der Waals surface area (Å²) in [5, 5.41) is 0. The number of aryl methyl sites for hydroxylation is 2. The highest BCUT2D eigenvalue weighted by Gasteiger charge is 2.39. The van der Waals surface area contributed by atoms with Crippen LogP contribution in [0.25, 0.3) is 0 Å². The Bertz CT molecular complexity index is 580. The molecule has 0 saturated carbocycles. The fourth-order valence-corrected chi connectivity index (χ4v) is 3.53. The predicted molar refractivity (Wildman–Crippen MR) is 82.7 cm³/mol. The SMILES string of the molecule is CC(=O)N1CCN(C(=O)c2cc3c(o2)CCCC3)C(C)(C)C1. The standard InChI is InChI=1S/C17H24N2O3/c1-12(20)18-8-9-19(17(2,3)11-18)16(21)15-10-13-6-4-5-7-14(13)22-15/h10H,4-9,11H2,1-3H3. The number of nitrogens with zero attached hydrogens (tertiary/aromatic N) is 2. The van der Waals surface area contributed by atoms with E-state index in [1.807, 2.05) is 24.8 Å². The van der Waals surface area contributed by atoms with E-state index in [0.29, 0.717) is 25.4 Å². The van der Waals surface area contributed by atoms with Crippen LogP contribution in [0.4, 0.5) is 0 Å². The summed E-state index contributed by atoms with van der Waals surface area (Å²) in [7, 11) is 0. The average molecular weight is 304 g/mol. The largest absolute Gasteiger partial charge is 0.456 e. The summed E-state index contributed by atoms with van der Waals surface area (Å²) in [5.74, 6) is 1.45. The summed E-state index contributed by atoms with van der Waals surface area (Å²) in [6.45, 7) is 7.29. The number of piperazine rings is 1. The molecule has 0 spiro atoms. The maximum atomic E-state index is 12.8. The number of carbonyl (C=O) groups is 2. The zero-order chi connectivity index (χ0) is 15.9. The molecule has 2 heterocycles. The Morgan fingerprint density at radius 3 is 2.55 bits per heavy atom. The van der Waals surface area contributed by atoms with Crippen LogP contribution in [0.15, 0.2) is 10.5 Å². The average Bonchev–Trinajstić information content (AvgIpc) is 2.89. The van der Waals surface area contributed by atoms with Crippen LogP contribution >= 0.6 is 0 Å². The van der Waals surface area contributed by atoms with Gasteiger partial charge in [-0.1, -0.05) is 0 Å². The number of fused-ring (bicyclic) bond motifs is 1. The molecule has 1 aromatic heterocycles. The Labute approximate surface area is 131 Å². The summed E-state index contributed by atoms with van der Waals surface area (Å²) in [5.41, 5.74) is 0.809. The molecule has 0 bridgehead atoms. The van der Waals surface area contributed by atoms with Crippen LogP contribution in [0.3, 0.4) is 0 Å². The molecule has 0 aromatic carbocycles. The molecule has 3 rings (SSSR count). The second kappa shape index (κ2) is 5.45. The minimum absolute atomic E-state index is 0.0531. The Morgan fingerprint density at radius 2 is 1.91 bits per heavy atom. The molecular weight excluding hydrogens is 280 g/mol. The van der Waals surface area contributed by atoms with Crippen molar-refractivity contribution in [3.05, 3.63) is 23.2 Å². The van der Waals surface area contributed by atoms with Crippen LogP contribution < -0.4 is 0 Å². The lowest BCUT2D eigenvalue weighted by atomic mass is 9.97. The molecule has 5 nitrogen and oxygen atoms in total. The van der Waals surface area contributed by atoms with Gasteiger partial charge >= 0.3 is 0 Å². The highest BCUT2D eigenvalue weighted by atomic mass is 16.4. The summed E-state index contributed by atoms with van der Waals surface area (Å²) in [6.07, 6.45) is 4.25. The number of furan rings is 1. The molecule has 0 N–H and O–H groups in total. The fraction of sp³-hybridized carbons (Fsp3) is 0.647. The fourth-order valence-electron chi connectivity index (χ4n) is 3.53. The second-order valence-electron chi connectivity index (χ2n) is 6.98. The van der Waals surface area contributed by atoms with E-state index >= 15 is 0 Å². The van der Waals surface area contributed by atoms with E-state index in [2.05, 4.69) is 0 Å². The molecule has 1 aliphatic carbocycles. The van der Waals surface area contributed by atoms with Gasteiger partial charge in [-0.25, -0.2) is 0 Å². The van der Waals surface area contributed by atoms with Gasteiger partial charge in [-0.3, -0.25) is 9.59 Å². The maximum Gasteiger partial charge on any atom is 0.290 e. The monoisotopic (exact) mass is 304 g/mol. The van der Waals surface area contributed by atoms with Gasteiger partial charge < -0.3 is 14.2 Å². The van der Waals surface area contributed by atoms with Crippen molar-refractivity contribution < 1.29 is 14.0 Å². The van der Waals surface area contributed by atoms with E-state index in [4.69, 9.17) is 4.42 Å². The molecule has 0 unspecified atom stereocenters. The molecule has 0 atom stereocenters. The minimum atomic E-state index is -0.381.